The van der Waals surface area contributed by atoms with Crippen LogP contribution in [0.1, 0.15) is 58.8 Å². The van der Waals surface area contributed by atoms with Crippen LogP contribution in [0.5, 0.6) is 0 Å². The summed E-state index contributed by atoms with van der Waals surface area (Å²) in [7, 11) is 0. The molecule has 1 saturated carbocycles. The lowest BCUT2D eigenvalue weighted by molar-refractivity contribution is -0.137. The maximum absolute atomic E-state index is 12.6. The fraction of sp³-hybridized carbons (Fsp3) is 0.706. The van der Waals surface area contributed by atoms with E-state index in [0.29, 0.717) is 17.5 Å². The Kier molecular flexibility index (Phi) is 7.02. The van der Waals surface area contributed by atoms with E-state index >= 15 is 0 Å². The Hall–Kier alpha value is -1.43. The molecule has 2 rings (SSSR count). The van der Waals surface area contributed by atoms with E-state index in [-0.39, 0.29) is 24.4 Å². The second-order valence-corrected chi connectivity index (χ2v) is 7.25. The van der Waals surface area contributed by atoms with Gasteiger partial charge >= 0.3 is 0 Å². The molecule has 0 spiro atoms. The highest BCUT2D eigenvalue weighted by Gasteiger charge is 2.24. The van der Waals surface area contributed by atoms with Gasteiger partial charge in [0.05, 0.1) is 0 Å². The minimum absolute atomic E-state index is 0.0770. The van der Waals surface area contributed by atoms with Crippen LogP contribution in [0, 0.1) is 5.92 Å². The summed E-state index contributed by atoms with van der Waals surface area (Å²) in [6.45, 7) is 4.16. The molecule has 2 amide bonds. The predicted octanol–water partition coefficient (Wildman–Crippen LogP) is 3.68. The number of nitrogens with zero attached hydrogens (tertiary/aromatic N) is 2. The Labute approximate surface area is 142 Å². The summed E-state index contributed by atoms with van der Waals surface area (Å²) >= 11 is 1.38. The van der Waals surface area contributed by atoms with Crippen molar-refractivity contribution in [2.45, 2.75) is 64.8 Å². The number of carbonyl (C=O) groups is 2. The molecule has 1 aliphatic carbocycles. The van der Waals surface area contributed by atoms with Crippen LogP contribution < -0.4 is 5.32 Å². The first kappa shape index (κ1) is 17.9. The Morgan fingerprint density at radius 2 is 2.17 bits per heavy atom. The van der Waals surface area contributed by atoms with E-state index in [2.05, 4.69) is 10.3 Å². The lowest BCUT2D eigenvalue weighted by atomic mass is 10.0. The third kappa shape index (κ3) is 5.61. The molecule has 23 heavy (non-hydrogen) atoms. The fourth-order valence-corrected chi connectivity index (χ4v) is 3.62. The van der Waals surface area contributed by atoms with Gasteiger partial charge in [0, 0.05) is 24.0 Å². The molecule has 1 N–H and O–H groups in total. The monoisotopic (exact) mass is 337 g/mol. The number of anilines is 1. The molecule has 0 aliphatic heterocycles. The summed E-state index contributed by atoms with van der Waals surface area (Å²) in [4.78, 5) is 30.5. The lowest BCUT2D eigenvalue weighted by Crippen LogP contribution is -2.43. The molecule has 0 aromatic carbocycles. The lowest BCUT2D eigenvalue weighted by Gasteiger charge is -2.28. The molecule has 128 valence electrons. The maximum Gasteiger partial charge on any atom is 0.245 e. The number of amides is 2. The van der Waals surface area contributed by atoms with E-state index in [4.69, 9.17) is 0 Å². The zero-order valence-electron chi connectivity index (χ0n) is 14.1. The molecule has 1 aliphatic rings. The van der Waals surface area contributed by atoms with E-state index < -0.39 is 0 Å². The minimum Gasteiger partial charge on any atom is -0.331 e. The zero-order chi connectivity index (χ0) is 16.7. The second-order valence-electron chi connectivity index (χ2n) is 6.35. The van der Waals surface area contributed by atoms with Crippen molar-refractivity contribution >= 4 is 28.3 Å². The molecule has 0 bridgehead atoms. The number of thiazole rings is 1. The number of nitrogens with one attached hydrogen (secondary N) is 1. The molecule has 1 atom stereocenters. The van der Waals surface area contributed by atoms with Crippen LogP contribution in [-0.2, 0) is 9.59 Å². The van der Waals surface area contributed by atoms with Crippen molar-refractivity contribution in [3.05, 3.63) is 11.6 Å². The van der Waals surface area contributed by atoms with Gasteiger partial charge in [-0.05, 0) is 25.7 Å². The molecular weight excluding hydrogens is 310 g/mol. The Morgan fingerprint density at radius 3 is 2.78 bits per heavy atom. The van der Waals surface area contributed by atoms with Gasteiger partial charge in [0.15, 0.2) is 5.13 Å². The summed E-state index contributed by atoms with van der Waals surface area (Å²) in [5.41, 5.74) is 0. The van der Waals surface area contributed by atoms with Crippen LogP contribution in [0.4, 0.5) is 5.13 Å². The fourth-order valence-electron chi connectivity index (χ4n) is 3.08. The van der Waals surface area contributed by atoms with Gasteiger partial charge in [-0.25, -0.2) is 4.98 Å². The molecule has 5 nitrogen and oxygen atoms in total. The van der Waals surface area contributed by atoms with Crippen molar-refractivity contribution in [3.8, 4) is 0 Å². The van der Waals surface area contributed by atoms with E-state index in [1.165, 1.54) is 37.0 Å². The van der Waals surface area contributed by atoms with E-state index in [9.17, 15) is 9.59 Å². The number of hydrogen-bond acceptors (Lipinski definition) is 4. The maximum atomic E-state index is 12.6. The molecule has 0 saturated heterocycles. The SMILES string of the molecule is CCC(C)N(CC(=O)Nc1nccs1)C(=O)CCC1CCCC1. The van der Waals surface area contributed by atoms with Crippen LogP contribution in [0.15, 0.2) is 11.6 Å². The Morgan fingerprint density at radius 1 is 1.43 bits per heavy atom. The number of carbonyl (C=O) groups excluding carboxylic acids is 2. The molecular formula is C17H27N3O2S. The summed E-state index contributed by atoms with van der Waals surface area (Å²) in [5.74, 6) is 0.622. The van der Waals surface area contributed by atoms with Crippen molar-refractivity contribution in [2.24, 2.45) is 5.92 Å². The minimum atomic E-state index is -0.172. The quantitative estimate of drug-likeness (QED) is 0.787. The highest BCUT2D eigenvalue weighted by Crippen LogP contribution is 2.28. The molecule has 1 aromatic heterocycles. The van der Waals surface area contributed by atoms with Gasteiger partial charge in [0.2, 0.25) is 11.8 Å². The summed E-state index contributed by atoms with van der Waals surface area (Å²) < 4.78 is 0. The van der Waals surface area contributed by atoms with Crippen LogP contribution in [-0.4, -0.2) is 34.3 Å². The topological polar surface area (TPSA) is 62.3 Å². The second kappa shape index (κ2) is 9.01. The van der Waals surface area contributed by atoms with Gasteiger partial charge in [-0.1, -0.05) is 32.6 Å². The van der Waals surface area contributed by atoms with E-state index in [0.717, 1.165) is 12.8 Å². The van der Waals surface area contributed by atoms with Gasteiger partial charge in [-0.2, -0.15) is 0 Å². The average molecular weight is 337 g/mol. The van der Waals surface area contributed by atoms with Gasteiger partial charge in [-0.15, -0.1) is 11.3 Å². The van der Waals surface area contributed by atoms with Crippen molar-refractivity contribution in [2.75, 3.05) is 11.9 Å². The zero-order valence-corrected chi connectivity index (χ0v) is 14.9. The van der Waals surface area contributed by atoms with Crippen molar-refractivity contribution in [3.63, 3.8) is 0 Å². The summed E-state index contributed by atoms with van der Waals surface area (Å²) in [6.07, 6.45) is 9.11. The van der Waals surface area contributed by atoms with E-state index in [1.807, 2.05) is 19.2 Å². The van der Waals surface area contributed by atoms with Crippen molar-refractivity contribution in [1.82, 2.24) is 9.88 Å². The summed E-state index contributed by atoms with van der Waals surface area (Å²) in [5, 5.41) is 5.15. The third-order valence-electron chi connectivity index (χ3n) is 4.68. The predicted molar refractivity (Wildman–Crippen MR) is 93.4 cm³/mol. The van der Waals surface area contributed by atoms with Crippen molar-refractivity contribution in [1.29, 1.82) is 0 Å². The third-order valence-corrected chi connectivity index (χ3v) is 5.37. The molecule has 1 heterocycles. The largest absolute Gasteiger partial charge is 0.331 e. The first-order valence-corrected chi connectivity index (χ1v) is 9.47. The molecule has 6 heteroatoms. The normalized spacial score (nSPS) is 16.3. The van der Waals surface area contributed by atoms with Crippen LogP contribution >= 0.6 is 11.3 Å². The van der Waals surface area contributed by atoms with Crippen molar-refractivity contribution < 1.29 is 9.59 Å². The number of rotatable bonds is 8. The van der Waals surface area contributed by atoms with Crippen LogP contribution in [0.3, 0.4) is 0 Å². The molecule has 1 aromatic rings. The van der Waals surface area contributed by atoms with Gasteiger partial charge in [0.1, 0.15) is 6.54 Å². The van der Waals surface area contributed by atoms with Crippen LogP contribution in [0.2, 0.25) is 0 Å². The first-order chi connectivity index (χ1) is 11.1. The number of aromatic nitrogens is 1. The van der Waals surface area contributed by atoms with E-state index in [1.54, 1.807) is 11.1 Å². The number of hydrogen-bond donors (Lipinski definition) is 1. The average Bonchev–Trinajstić information content (AvgIpc) is 3.23. The molecule has 1 fully saturated rings. The smallest absolute Gasteiger partial charge is 0.245 e. The van der Waals surface area contributed by atoms with Gasteiger partial charge < -0.3 is 10.2 Å². The summed E-state index contributed by atoms with van der Waals surface area (Å²) in [6, 6.07) is 0.0770. The standard InChI is InChI=1S/C17H27N3O2S/c1-3-13(2)20(12-15(21)19-17-18-10-11-23-17)16(22)9-8-14-6-4-5-7-14/h10-11,13-14H,3-9,12H2,1-2H3,(H,18,19,21). The molecule has 0 radical (unpaired) electrons. The first-order valence-electron chi connectivity index (χ1n) is 8.59. The Bertz CT molecular complexity index is 498. The van der Waals surface area contributed by atoms with Crippen LogP contribution in [0.25, 0.3) is 0 Å². The molecule has 1 unspecified atom stereocenters. The highest BCUT2D eigenvalue weighted by molar-refractivity contribution is 7.13. The van der Waals surface area contributed by atoms with Gasteiger partial charge in [-0.3, -0.25) is 9.59 Å². The Balaban J connectivity index is 1.87. The highest BCUT2D eigenvalue weighted by atomic mass is 32.1. The van der Waals surface area contributed by atoms with Gasteiger partial charge in [0.25, 0.3) is 0 Å².